The fraction of sp³-hybridized carbons (Fsp3) is 0.846. The third kappa shape index (κ3) is 3.17. The standard InChI is InChI=1S/C11H20.C2H6/c1-8-6-9(2)10(3)11(4,5)7-8;1-2/h6,8,10H,7H2,1-5H3;1-2H3. The summed E-state index contributed by atoms with van der Waals surface area (Å²) < 4.78 is 0. The molecule has 0 saturated carbocycles. The summed E-state index contributed by atoms with van der Waals surface area (Å²) in [5.74, 6) is 1.54. The first-order valence-corrected chi connectivity index (χ1v) is 5.62. The van der Waals surface area contributed by atoms with Gasteiger partial charge in [-0.15, -0.1) is 0 Å². The first kappa shape index (κ1) is 12.7. The van der Waals surface area contributed by atoms with Crippen LogP contribution >= 0.6 is 0 Å². The Morgan fingerprint density at radius 3 is 2.08 bits per heavy atom. The van der Waals surface area contributed by atoms with Gasteiger partial charge in [0.1, 0.15) is 0 Å². The molecule has 0 aromatic carbocycles. The van der Waals surface area contributed by atoms with Gasteiger partial charge in [0.05, 0.1) is 0 Å². The molecule has 1 rings (SSSR count). The van der Waals surface area contributed by atoms with Crippen molar-refractivity contribution < 1.29 is 0 Å². The third-order valence-electron chi connectivity index (χ3n) is 3.25. The van der Waals surface area contributed by atoms with E-state index in [4.69, 9.17) is 0 Å². The highest BCUT2D eigenvalue weighted by atomic mass is 14.4. The Morgan fingerprint density at radius 1 is 1.23 bits per heavy atom. The zero-order valence-electron chi connectivity index (χ0n) is 10.4. The molecule has 2 unspecified atom stereocenters. The minimum Gasteiger partial charge on any atom is -0.0825 e. The number of hydrogen-bond donors (Lipinski definition) is 0. The summed E-state index contributed by atoms with van der Waals surface area (Å²) in [6.07, 6.45) is 3.77. The molecule has 0 N–H and O–H groups in total. The molecule has 13 heavy (non-hydrogen) atoms. The van der Waals surface area contributed by atoms with E-state index in [2.05, 4.69) is 40.7 Å². The fourth-order valence-corrected chi connectivity index (χ4v) is 2.27. The Hall–Kier alpha value is -0.260. The van der Waals surface area contributed by atoms with Crippen LogP contribution in [0.25, 0.3) is 0 Å². The van der Waals surface area contributed by atoms with Crippen molar-refractivity contribution in [3.05, 3.63) is 11.6 Å². The topological polar surface area (TPSA) is 0 Å². The van der Waals surface area contributed by atoms with E-state index in [0.717, 1.165) is 11.8 Å². The van der Waals surface area contributed by atoms with Crippen molar-refractivity contribution >= 4 is 0 Å². The molecule has 0 heterocycles. The predicted octanol–water partition coefficient (Wildman–Crippen LogP) is 4.66. The molecule has 1 aliphatic rings. The molecule has 0 radical (unpaired) electrons. The summed E-state index contributed by atoms with van der Waals surface area (Å²) in [4.78, 5) is 0. The van der Waals surface area contributed by atoms with E-state index in [1.807, 2.05) is 13.8 Å². The normalized spacial score (nSPS) is 31.5. The van der Waals surface area contributed by atoms with Gasteiger partial charge in [-0.05, 0) is 30.6 Å². The molecule has 0 heteroatoms. The van der Waals surface area contributed by atoms with Crippen molar-refractivity contribution in [1.29, 1.82) is 0 Å². The van der Waals surface area contributed by atoms with Crippen LogP contribution in [-0.4, -0.2) is 0 Å². The van der Waals surface area contributed by atoms with Crippen LogP contribution in [0.3, 0.4) is 0 Å². The van der Waals surface area contributed by atoms with Crippen LogP contribution in [0.15, 0.2) is 11.6 Å². The lowest BCUT2D eigenvalue weighted by atomic mass is 9.67. The molecule has 0 aromatic rings. The number of rotatable bonds is 0. The van der Waals surface area contributed by atoms with Gasteiger partial charge in [0.2, 0.25) is 0 Å². The maximum Gasteiger partial charge on any atom is -0.0183 e. The fourth-order valence-electron chi connectivity index (χ4n) is 2.27. The smallest absolute Gasteiger partial charge is 0.0183 e. The van der Waals surface area contributed by atoms with Crippen LogP contribution in [0, 0.1) is 17.3 Å². The summed E-state index contributed by atoms with van der Waals surface area (Å²) in [5, 5.41) is 0. The van der Waals surface area contributed by atoms with Crippen LogP contribution in [0.5, 0.6) is 0 Å². The van der Waals surface area contributed by atoms with E-state index in [1.165, 1.54) is 6.42 Å². The highest BCUT2D eigenvalue weighted by Crippen LogP contribution is 2.42. The van der Waals surface area contributed by atoms with Gasteiger partial charge in [0, 0.05) is 0 Å². The van der Waals surface area contributed by atoms with Crippen molar-refractivity contribution in [2.45, 2.75) is 54.9 Å². The van der Waals surface area contributed by atoms with Gasteiger partial charge >= 0.3 is 0 Å². The second kappa shape index (κ2) is 4.83. The van der Waals surface area contributed by atoms with E-state index in [1.54, 1.807) is 5.57 Å². The maximum atomic E-state index is 2.43. The molecule has 0 fully saturated rings. The minimum absolute atomic E-state index is 0.512. The van der Waals surface area contributed by atoms with Crippen molar-refractivity contribution in [2.75, 3.05) is 0 Å². The van der Waals surface area contributed by atoms with Gasteiger partial charge < -0.3 is 0 Å². The van der Waals surface area contributed by atoms with Gasteiger partial charge in [0.15, 0.2) is 0 Å². The molecule has 0 spiro atoms. The van der Waals surface area contributed by atoms with Crippen molar-refractivity contribution in [3.63, 3.8) is 0 Å². The zero-order chi connectivity index (χ0) is 10.6. The Balaban J connectivity index is 0.000000671. The molecule has 1 aliphatic carbocycles. The van der Waals surface area contributed by atoms with E-state index >= 15 is 0 Å². The Labute approximate surface area is 84.4 Å². The summed E-state index contributed by atoms with van der Waals surface area (Å²) in [5.41, 5.74) is 2.09. The Morgan fingerprint density at radius 2 is 1.69 bits per heavy atom. The van der Waals surface area contributed by atoms with Gasteiger partial charge in [0.25, 0.3) is 0 Å². The molecule has 0 aliphatic heterocycles. The minimum atomic E-state index is 0.512. The molecule has 0 aromatic heterocycles. The van der Waals surface area contributed by atoms with Crippen LogP contribution in [-0.2, 0) is 0 Å². The lowest BCUT2D eigenvalue weighted by Crippen LogP contribution is -2.28. The van der Waals surface area contributed by atoms with Crippen molar-refractivity contribution in [1.82, 2.24) is 0 Å². The summed E-state index contributed by atoms with van der Waals surface area (Å²) in [6.45, 7) is 15.7. The molecule has 0 amide bonds. The van der Waals surface area contributed by atoms with Crippen molar-refractivity contribution in [2.24, 2.45) is 17.3 Å². The van der Waals surface area contributed by atoms with Crippen LogP contribution in [0.1, 0.15) is 54.9 Å². The van der Waals surface area contributed by atoms with Crippen LogP contribution < -0.4 is 0 Å². The molecule has 78 valence electrons. The Kier molecular flexibility index (Phi) is 4.74. The summed E-state index contributed by atoms with van der Waals surface area (Å²) in [6, 6.07) is 0. The van der Waals surface area contributed by atoms with E-state index in [0.29, 0.717) is 5.41 Å². The van der Waals surface area contributed by atoms with Crippen LogP contribution in [0.2, 0.25) is 0 Å². The summed E-state index contributed by atoms with van der Waals surface area (Å²) >= 11 is 0. The highest BCUT2D eigenvalue weighted by molar-refractivity contribution is 5.12. The molecular weight excluding hydrogens is 156 g/mol. The van der Waals surface area contributed by atoms with E-state index < -0.39 is 0 Å². The van der Waals surface area contributed by atoms with Gasteiger partial charge in [-0.2, -0.15) is 0 Å². The van der Waals surface area contributed by atoms with E-state index in [9.17, 15) is 0 Å². The average Bonchev–Trinajstić information content (AvgIpc) is 2.03. The second-order valence-corrected chi connectivity index (χ2v) is 4.80. The second-order valence-electron chi connectivity index (χ2n) is 4.80. The molecular formula is C13H26. The number of allylic oxidation sites excluding steroid dienone is 2. The van der Waals surface area contributed by atoms with Gasteiger partial charge in [-0.25, -0.2) is 0 Å². The first-order chi connectivity index (χ1) is 5.93. The molecule has 0 saturated heterocycles. The lowest BCUT2D eigenvalue weighted by molar-refractivity contribution is 0.202. The lowest BCUT2D eigenvalue weighted by Gasteiger charge is -2.38. The number of hydrogen-bond acceptors (Lipinski definition) is 0. The van der Waals surface area contributed by atoms with E-state index in [-0.39, 0.29) is 0 Å². The highest BCUT2D eigenvalue weighted by Gasteiger charge is 2.31. The maximum absolute atomic E-state index is 2.43. The molecule has 0 nitrogen and oxygen atoms in total. The summed E-state index contributed by atoms with van der Waals surface area (Å²) in [7, 11) is 0. The third-order valence-corrected chi connectivity index (χ3v) is 3.25. The predicted molar refractivity (Wildman–Crippen MR) is 61.8 cm³/mol. The molecule has 2 atom stereocenters. The largest absolute Gasteiger partial charge is 0.0825 e. The SMILES string of the molecule is CC.CC1=CC(C)CC(C)(C)C1C. The first-order valence-electron chi connectivity index (χ1n) is 5.62. The zero-order valence-corrected chi connectivity index (χ0v) is 10.4. The van der Waals surface area contributed by atoms with Gasteiger partial charge in [-0.3, -0.25) is 0 Å². The van der Waals surface area contributed by atoms with Crippen LogP contribution in [0.4, 0.5) is 0 Å². The van der Waals surface area contributed by atoms with Crippen molar-refractivity contribution in [3.8, 4) is 0 Å². The quantitative estimate of drug-likeness (QED) is 0.478. The van der Waals surface area contributed by atoms with Gasteiger partial charge in [-0.1, -0.05) is 53.2 Å². The Bertz CT molecular complexity index is 174. The molecule has 0 bridgehead atoms. The average molecular weight is 182 g/mol. The monoisotopic (exact) mass is 182 g/mol.